The fourth-order valence-corrected chi connectivity index (χ4v) is 0.655. The van der Waals surface area contributed by atoms with Crippen LogP contribution in [0.4, 0.5) is 0 Å². The SMILES string of the molecule is C=CC(=O)OCC(NC(=O)C(=C)C)OC. The molecule has 0 rings (SSSR count). The van der Waals surface area contributed by atoms with Crippen molar-refractivity contribution in [3.05, 3.63) is 24.8 Å². The van der Waals surface area contributed by atoms with Crippen molar-refractivity contribution in [2.75, 3.05) is 13.7 Å². The molecule has 84 valence electrons. The first kappa shape index (κ1) is 13.4. The molecule has 5 nitrogen and oxygen atoms in total. The second-order valence-electron chi connectivity index (χ2n) is 2.81. The minimum absolute atomic E-state index is 0.0691. The third-order valence-corrected chi connectivity index (χ3v) is 1.51. The summed E-state index contributed by atoms with van der Waals surface area (Å²) in [5, 5.41) is 2.47. The molecular weight excluding hydrogens is 198 g/mol. The van der Waals surface area contributed by atoms with E-state index in [0.29, 0.717) is 5.57 Å². The van der Waals surface area contributed by atoms with E-state index in [4.69, 9.17) is 9.47 Å². The highest BCUT2D eigenvalue weighted by Gasteiger charge is 2.12. The van der Waals surface area contributed by atoms with Crippen molar-refractivity contribution >= 4 is 11.9 Å². The highest BCUT2D eigenvalue weighted by atomic mass is 16.6. The van der Waals surface area contributed by atoms with Crippen LogP contribution in [-0.2, 0) is 19.1 Å². The van der Waals surface area contributed by atoms with Gasteiger partial charge in [0.2, 0.25) is 5.91 Å². The van der Waals surface area contributed by atoms with Gasteiger partial charge in [-0.05, 0) is 6.92 Å². The molecule has 1 N–H and O–H groups in total. The summed E-state index contributed by atoms with van der Waals surface area (Å²) >= 11 is 0. The molecule has 0 bridgehead atoms. The van der Waals surface area contributed by atoms with Gasteiger partial charge in [-0.3, -0.25) is 4.79 Å². The highest BCUT2D eigenvalue weighted by Crippen LogP contribution is 1.93. The lowest BCUT2D eigenvalue weighted by molar-refractivity contribution is -0.143. The monoisotopic (exact) mass is 213 g/mol. The van der Waals surface area contributed by atoms with E-state index < -0.39 is 12.2 Å². The summed E-state index contributed by atoms with van der Waals surface area (Å²) in [6, 6.07) is 0. The van der Waals surface area contributed by atoms with E-state index in [-0.39, 0.29) is 12.5 Å². The molecule has 0 aromatic rings. The van der Waals surface area contributed by atoms with Crippen LogP contribution < -0.4 is 5.32 Å². The van der Waals surface area contributed by atoms with E-state index in [1.165, 1.54) is 7.11 Å². The van der Waals surface area contributed by atoms with Gasteiger partial charge in [0.15, 0.2) is 6.23 Å². The second kappa shape index (κ2) is 6.78. The molecule has 0 radical (unpaired) electrons. The fourth-order valence-electron chi connectivity index (χ4n) is 0.655. The molecule has 0 fully saturated rings. The molecule has 15 heavy (non-hydrogen) atoms. The summed E-state index contributed by atoms with van der Waals surface area (Å²) in [7, 11) is 1.39. The van der Waals surface area contributed by atoms with E-state index in [0.717, 1.165) is 6.08 Å². The zero-order valence-corrected chi connectivity index (χ0v) is 8.91. The van der Waals surface area contributed by atoms with Crippen LogP contribution in [0, 0.1) is 0 Å². The van der Waals surface area contributed by atoms with Gasteiger partial charge in [-0.2, -0.15) is 0 Å². The number of hydrogen-bond acceptors (Lipinski definition) is 4. The Balaban J connectivity index is 4.03. The van der Waals surface area contributed by atoms with Gasteiger partial charge in [-0.25, -0.2) is 4.79 Å². The van der Waals surface area contributed by atoms with Gasteiger partial charge in [0.25, 0.3) is 0 Å². The first-order valence-electron chi connectivity index (χ1n) is 4.29. The molecule has 1 atom stereocenters. The normalized spacial score (nSPS) is 11.3. The first-order chi connectivity index (χ1) is 7.01. The standard InChI is InChI=1S/C10H15NO4/c1-5-9(12)15-6-8(14-4)11-10(13)7(2)3/h5,8H,1-2,6H2,3-4H3,(H,11,13). The van der Waals surface area contributed by atoms with Crippen LogP contribution in [0.25, 0.3) is 0 Å². The minimum atomic E-state index is -0.682. The zero-order valence-electron chi connectivity index (χ0n) is 8.91. The maximum absolute atomic E-state index is 11.2. The van der Waals surface area contributed by atoms with Crippen molar-refractivity contribution in [2.45, 2.75) is 13.2 Å². The molecule has 0 saturated carbocycles. The number of ether oxygens (including phenoxy) is 2. The van der Waals surface area contributed by atoms with Crippen molar-refractivity contribution in [3.63, 3.8) is 0 Å². The third-order valence-electron chi connectivity index (χ3n) is 1.51. The quantitative estimate of drug-likeness (QED) is 0.393. The van der Waals surface area contributed by atoms with Crippen LogP contribution in [0.3, 0.4) is 0 Å². The Kier molecular flexibility index (Phi) is 6.05. The summed E-state index contributed by atoms with van der Waals surface area (Å²) in [5.41, 5.74) is 0.354. The van der Waals surface area contributed by atoms with E-state index in [1.807, 2.05) is 0 Å². The molecule has 0 spiro atoms. The van der Waals surface area contributed by atoms with Crippen LogP contribution in [0.1, 0.15) is 6.92 Å². The second-order valence-corrected chi connectivity index (χ2v) is 2.81. The Morgan fingerprint density at radius 3 is 2.53 bits per heavy atom. The van der Waals surface area contributed by atoms with Crippen molar-refractivity contribution in [1.82, 2.24) is 5.32 Å². The van der Waals surface area contributed by atoms with Gasteiger partial charge >= 0.3 is 5.97 Å². The van der Waals surface area contributed by atoms with Crippen LogP contribution in [-0.4, -0.2) is 31.8 Å². The van der Waals surface area contributed by atoms with Gasteiger partial charge in [0.05, 0.1) is 0 Å². The van der Waals surface area contributed by atoms with E-state index in [9.17, 15) is 9.59 Å². The number of amides is 1. The Labute approximate surface area is 88.7 Å². The van der Waals surface area contributed by atoms with E-state index in [1.54, 1.807) is 6.92 Å². The maximum Gasteiger partial charge on any atom is 0.330 e. The van der Waals surface area contributed by atoms with E-state index in [2.05, 4.69) is 18.5 Å². The van der Waals surface area contributed by atoms with Gasteiger partial charge in [-0.15, -0.1) is 0 Å². The molecular formula is C10H15NO4. The molecule has 0 aliphatic carbocycles. The largest absolute Gasteiger partial charge is 0.458 e. The molecule has 1 amide bonds. The summed E-state index contributed by atoms with van der Waals surface area (Å²) in [6.07, 6.45) is 0.353. The fraction of sp³-hybridized carbons (Fsp3) is 0.400. The summed E-state index contributed by atoms with van der Waals surface area (Å²) < 4.78 is 9.58. The van der Waals surface area contributed by atoms with Crippen LogP contribution in [0.15, 0.2) is 24.8 Å². The van der Waals surface area contributed by atoms with Crippen molar-refractivity contribution in [2.24, 2.45) is 0 Å². The van der Waals surface area contributed by atoms with Crippen LogP contribution in [0.5, 0.6) is 0 Å². The molecule has 5 heteroatoms. The van der Waals surface area contributed by atoms with Crippen LogP contribution >= 0.6 is 0 Å². The number of hydrogen-bond donors (Lipinski definition) is 1. The minimum Gasteiger partial charge on any atom is -0.458 e. The number of esters is 1. The molecule has 1 unspecified atom stereocenters. The molecule has 0 aromatic heterocycles. The van der Waals surface area contributed by atoms with Gasteiger partial charge in [0, 0.05) is 18.8 Å². The lowest BCUT2D eigenvalue weighted by Crippen LogP contribution is -2.40. The predicted molar refractivity (Wildman–Crippen MR) is 54.9 cm³/mol. The Morgan fingerprint density at radius 1 is 1.53 bits per heavy atom. The third kappa shape index (κ3) is 5.64. The Morgan fingerprint density at radius 2 is 2.13 bits per heavy atom. The molecule has 0 aromatic carbocycles. The lowest BCUT2D eigenvalue weighted by Gasteiger charge is -2.16. The average Bonchev–Trinajstić information content (AvgIpc) is 2.22. The molecule has 0 aliphatic rings. The number of carbonyl (C=O) groups excluding carboxylic acids is 2. The number of carbonyl (C=O) groups is 2. The van der Waals surface area contributed by atoms with Gasteiger partial charge in [-0.1, -0.05) is 13.2 Å². The number of methoxy groups -OCH3 is 1. The van der Waals surface area contributed by atoms with Crippen LogP contribution in [0.2, 0.25) is 0 Å². The summed E-state index contributed by atoms with van der Waals surface area (Å²) in [5.74, 6) is -0.918. The maximum atomic E-state index is 11.2. The van der Waals surface area contributed by atoms with Crippen molar-refractivity contribution in [1.29, 1.82) is 0 Å². The summed E-state index contributed by atoms with van der Waals surface area (Å²) in [4.78, 5) is 21.9. The van der Waals surface area contributed by atoms with Gasteiger partial charge in [0.1, 0.15) is 6.61 Å². The number of nitrogens with one attached hydrogen (secondary N) is 1. The average molecular weight is 213 g/mol. The van der Waals surface area contributed by atoms with E-state index >= 15 is 0 Å². The summed E-state index contributed by atoms with van der Waals surface area (Å²) in [6.45, 7) is 8.20. The van der Waals surface area contributed by atoms with Crippen molar-refractivity contribution in [3.8, 4) is 0 Å². The van der Waals surface area contributed by atoms with Crippen molar-refractivity contribution < 1.29 is 19.1 Å². The predicted octanol–water partition coefficient (Wildman–Crippen LogP) is 0.380. The van der Waals surface area contributed by atoms with Gasteiger partial charge < -0.3 is 14.8 Å². The topological polar surface area (TPSA) is 64.6 Å². The first-order valence-corrected chi connectivity index (χ1v) is 4.29. The molecule has 0 heterocycles. The smallest absolute Gasteiger partial charge is 0.330 e. The Hall–Kier alpha value is -1.62. The lowest BCUT2D eigenvalue weighted by atomic mass is 10.3. The number of rotatable bonds is 6. The zero-order chi connectivity index (χ0) is 11.8. The Bertz CT molecular complexity index is 273. The molecule has 0 saturated heterocycles. The molecule has 0 aliphatic heterocycles. The highest BCUT2D eigenvalue weighted by molar-refractivity contribution is 5.92.